The second-order valence-corrected chi connectivity index (χ2v) is 7.19. The Balaban J connectivity index is 1.61. The average molecular weight is 401 g/mol. The Morgan fingerprint density at radius 3 is 2.87 bits per heavy atom. The number of methoxy groups -OCH3 is 1. The second-order valence-electron chi connectivity index (χ2n) is 7.19. The van der Waals surface area contributed by atoms with Crippen molar-refractivity contribution >= 4 is 28.3 Å². The summed E-state index contributed by atoms with van der Waals surface area (Å²) in [4.78, 5) is 21.6. The number of carbonyl (C=O) groups excluding carboxylic acids is 1. The van der Waals surface area contributed by atoms with E-state index < -0.39 is 0 Å². The van der Waals surface area contributed by atoms with E-state index in [1.165, 1.54) is 0 Å². The molecule has 0 saturated heterocycles. The second kappa shape index (κ2) is 8.42. The highest BCUT2D eigenvalue weighted by Gasteiger charge is 2.15. The average Bonchev–Trinajstić information content (AvgIpc) is 3.14. The minimum absolute atomic E-state index is 0.00274. The van der Waals surface area contributed by atoms with Gasteiger partial charge in [0.1, 0.15) is 0 Å². The number of hydrogen-bond donors (Lipinski definition) is 2. The lowest BCUT2D eigenvalue weighted by Crippen LogP contribution is -2.14. The predicted molar refractivity (Wildman–Crippen MR) is 117 cm³/mol. The SMILES string of the molecule is COC(C)CC(=O)c1ccccc1Nc1nccc(-c2ccc3c(C)[nH]nc3c2)n1. The topological polar surface area (TPSA) is 92.8 Å². The number of carbonyl (C=O) groups is 1. The van der Waals surface area contributed by atoms with Gasteiger partial charge in [-0.2, -0.15) is 5.10 Å². The van der Waals surface area contributed by atoms with Crippen LogP contribution in [0.2, 0.25) is 0 Å². The zero-order valence-corrected chi connectivity index (χ0v) is 17.1. The number of nitrogens with one attached hydrogen (secondary N) is 2. The molecule has 0 amide bonds. The Bertz CT molecular complexity index is 1200. The monoisotopic (exact) mass is 401 g/mol. The lowest BCUT2D eigenvalue weighted by Gasteiger charge is -2.13. The number of anilines is 2. The van der Waals surface area contributed by atoms with Gasteiger partial charge in [0.2, 0.25) is 5.95 Å². The summed E-state index contributed by atoms with van der Waals surface area (Å²) >= 11 is 0. The number of para-hydroxylation sites is 1. The molecule has 0 aliphatic heterocycles. The minimum Gasteiger partial charge on any atom is -0.381 e. The fourth-order valence-corrected chi connectivity index (χ4v) is 3.29. The summed E-state index contributed by atoms with van der Waals surface area (Å²) in [6, 6.07) is 15.2. The molecule has 0 fully saturated rings. The number of aromatic amines is 1. The molecule has 2 aromatic heterocycles. The van der Waals surface area contributed by atoms with Crippen molar-refractivity contribution in [3.05, 3.63) is 66.0 Å². The highest BCUT2D eigenvalue weighted by molar-refractivity contribution is 6.01. The molecule has 1 atom stereocenters. The summed E-state index contributed by atoms with van der Waals surface area (Å²) in [6.45, 7) is 3.87. The third-order valence-electron chi connectivity index (χ3n) is 5.05. The van der Waals surface area contributed by atoms with Crippen molar-refractivity contribution in [3.8, 4) is 11.3 Å². The zero-order valence-electron chi connectivity index (χ0n) is 17.1. The van der Waals surface area contributed by atoms with E-state index in [0.717, 1.165) is 27.9 Å². The molecule has 30 heavy (non-hydrogen) atoms. The third-order valence-corrected chi connectivity index (χ3v) is 5.05. The number of aromatic nitrogens is 4. The number of ether oxygens (including phenoxy) is 1. The van der Waals surface area contributed by atoms with Gasteiger partial charge in [-0.1, -0.05) is 24.3 Å². The van der Waals surface area contributed by atoms with Gasteiger partial charge < -0.3 is 10.1 Å². The molecule has 2 heterocycles. The van der Waals surface area contributed by atoms with Crippen molar-refractivity contribution < 1.29 is 9.53 Å². The number of ketones is 1. The van der Waals surface area contributed by atoms with E-state index in [9.17, 15) is 4.79 Å². The smallest absolute Gasteiger partial charge is 0.227 e. The molecule has 0 aliphatic carbocycles. The van der Waals surface area contributed by atoms with Crippen LogP contribution in [-0.4, -0.2) is 39.2 Å². The highest BCUT2D eigenvalue weighted by Crippen LogP contribution is 2.25. The summed E-state index contributed by atoms with van der Waals surface area (Å²) in [5, 5.41) is 11.6. The van der Waals surface area contributed by atoms with Crippen molar-refractivity contribution in [1.29, 1.82) is 0 Å². The summed E-state index contributed by atoms with van der Waals surface area (Å²) < 4.78 is 5.22. The van der Waals surface area contributed by atoms with Crippen molar-refractivity contribution in [1.82, 2.24) is 20.2 Å². The molecule has 0 aliphatic rings. The number of aryl methyl sites for hydroxylation is 1. The first-order valence-corrected chi connectivity index (χ1v) is 9.75. The van der Waals surface area contributed by atoms with E-state index in [-0.39, 0.29) is 11.9 Å². The summed E-state index contributed by atoms with van der Waals surface area (Å²) in [5.74, 6) is 0.425. The Kier molecular flexibility index (Phi) is 5.54. The van der Waals surface area contributed by atoms with E-state index in [2.05, 4.69) is 25.5 Å². The standard InChI is InChI=1S/C23H23N5O2/c1-14(30-3)12-22(29)18-6-4-5-7-20(18)26-23-24-11-10-19(25-23)16-8-9-17-15(2)27-28-21(17)13-16/h4-11,13-14H,12H2,1-3H3,(H,27,28)(H,24,25,26). The number of H-pyrrole nitrogens is 1. The normalized spacial score (nSPS) is 12.1. The van der Waals surface area contributed by atoms with E-state index in [1.807, 2.05) is 56.3 Å². The number of Topliss-reactive ketones (excluding diaryl/α,β-unsaturated/α-hetero) is 1. The van der Waals surface area contributed by atoms with E-state index in [4.69, 9.17) is 4.74 Å². The molecule has 0 spiro atoms. The first-order valence-electron chi connectivity index (χ1n) is 9.75. The zero-order chi connectivity index (χ0) is 21.1. The number of rotatable bonds is 7. The van der Waals surface area contributed by atoms with Crippen LogP contribution in [0, 0.1) is 6.92 Å². The lowest BCUT2D eigenvalue weighted by molar-refractivity contribution is 0.0792. The van der Waals surface area contributed by atoms with Gasteiger partial charge in [0.15, 0.2) is 5.78 Å². The molecular weight excluding hydrogens is 378 g/mol. The minimum atomic E-state index is -0.147. The quantitative estimate of drug-likeness (QED) is 0.437. The van der Waals surface area contributed by atoms with E-state index in [0.29, 0.717) is 23.6 Å². The molecule has 4 aromatic rings. The lowest BCUT2D eigenvalue weighted by atomic mass is 10.0. The number of nitrogens with zero attached hydrogens (tertiary/aromatic N) is 3. The van der Waals surface area contributed by atoms with Crippen LogP contribution in [0.15, 0.2) is 54.7 Å². The predicted octanol–water partition coefficient (Wildman–Crippen LogP) is 4.68. The summed E-state index contributed by atoms with van der Waals surface area (Å²) in [5.41, 5.74) is 4.89. The van der Waals surface area contributed by atoms with E-state index >= 15 is 0 Å². The molecule has 2 aromatic carbocycles. The van der Waals surface area contributed by atoms with Crippen LogP contribution < -0.4 is 5.32 Å². The van der Waals surface area contributed by atoms with Crippen LogP contribution >= 0.6 is 0 Å². The van der Waals surface area contributed by atoms with Crippen molar-refractivity contribution in [2.24, 2.45) is 0 Å². The van der Waals surface area contributed by atoms with Gasteiger partial charge >= 0.3 is 0 Å². The Labute approximate surface area is 174 Å². The van der Waals surface area contributed by atoms with Gasteiger partial charge in [0, 0.05) is 41.9 Å². The maximum absolute atomic E-state index is 12.7. The fourth-order valence-electron chi connectivity index (χ4n) is 3.29. The molecule has 0 bridgehead atoms. The number of fused-ring (bicyclic) bond motifs is 1. The van der Waals surface area contributed by atoms with Crippen LogP contribution in [0.5, 0.6) is 0 Å². The van der Waals surface area contributed by atoms with Crippen LogP contribution in [0.3, 0.4) is 0 Å². The molecule has 0 saturated carbocycles. The van der Waals surface area contributed by atoms with Gasteiger partial charge in [0.05, 0.1) is 23.0 Å². The highest BCUT2D eigenvalue weighted by atomic mass is 16.5. The molecule has 152 valence electrons. The number of benzene rings is 2. The van der Waals surface area contributed by atoms with Gasteiger partial charge in [-0.25, -0.2) is 9.97 Å². The molecule has 1 unspecified atom stereocenters. The molecule has 0 radical (unpaired) electrons. The summed E-state index contributed by atoms with van der Waals surface area (Å²) in [7, 11) is 1.60. The molecular formula is C23H23N5O2. The fraction of sp³-hybridized carbons (Fsp3) is 0.217. The Hall–Kier alpha value is -3.58. The first-order chi connectivity index (χ1) is 14.5. The van der Waals surface area contributed by atoms with Gasteiger partial charge in [0.25, 0.3) is 0 Å². The molecule has 7 nitrogen and oxygen atoms in total. The Morgan fingerprint density at radius 1 is 1.20 bits per heavy atom. The maximum atomic E-state index is 12.7. The Morgan fingerprint density at radius 2 is 2.03 bits per heavy atom. The van der Waals surface area contributed by atoms with Crippen LogP contribution in [0.4, 0.5) is 11.6 Å². The van der Waals surface area contributed by atoms with E-state index in [1.54, 1.807) is 19.4 Å². The molecule has 4 rings (SSSR count). The first kappa shape index (κ1) is 19.7. The molecule has 2 N–H and O–H groups in total. The molecule has 7 heteroatoms. The maximum Gasteiger partial charge on any atom is 0.227 e. The largest absolute Gasteiger partial charge is 0.381 e. The van der Waals surface area contributed by atoms with Gasteiger partial charge in [-0.05, 0) is 38.1 Å². The van der Waals surface area contributed by atoms with Gasteiger partial charge in [-0.3, -0.25) is 9.89 Å². The van der Waals surface area contributed by atoms with Crippen molar-refractivity contribution in [2.45, 2.75) is 26.4 Å². The van der Waals surface area contributed by atoms with Crippen molar-refractivity contribution in [2.75, 3.05) is 12.4 Å². The number of hydrogen-bond acceptors (Lipinski definition) is 6. The van der Waals surface area contributed by atoms with Crippen LogP contribution in [-0.2, 0) is 4.74 Å². The van der Waals surface area contributed by atoms with Crippen molar-refractivity contribution in [3.63, 3.8) is 0 Å². The van der Waals surface area contributed by atoms with Crippen LogP contribution in [0.1, 0.15) is 29.4 Å². The summed E-state index contributed by atoms with van der Waals surface area (Å²) in [6.07, 6.45) is 1.85. The van der Waals surface area contributed by atoms with Gasteiger partial charge in [-0.15, -0.1) is 0 Å². The third kappa shape index (κ3) is 4.06. The van der Waals surface area contributed by atoms with Crippen LogP contribution in [0.25, 0.3) is 22.2 Å².